The van der Waals surface area contributed by atoms with Gasteiger partial charge in [-0.1, -0.05) is 20.8 Å². The van der Waals surface area contributed by atoms with E-state index in [1.807, 2.05) is 6.07 Å². The van der Waals surface area contributed by atoms with Gasteiger partial charge in [-0.2, -0.15) is 0 Å². The van der Waals surface area contributed by atoms with Crippen LogP contribution in [0, 0.1) is 18.7 Å². The number of carboxylic acid groups (broad SMARTS) is 1. The highest BCUT2D eigenvalue weighted by molar-refractivity contribution is 5.89. The predicted molar refractivity (Wildman–Crippen MR) is 104 cm³/mol. The molecule has 1 aromatic heterocycles. The minimum absolute atomic E-state index is 0.112. The Labute approximate surface area is 157 Å². The van der Waals surface area contributed by atoms with Crippen molar-refractivity contribution < 1.29 is 19.4 Å². The topological polar surface area (TPSA) is 62.5 Å². The van der Waals surface area contributed by atoms with Crippen molar-refractivity contribution >= 4 is 16.9 Å². The molecule has 1 unspecified atom stereocenters. The fourth-order valence-electron chi connectivity index (χ4n) is 3.62. The van der Waals surface area contributed by atoms with Crippen LogP contribution in [-0.2, 0) is 11.2 Å². The van der Waals surface area contributed by atoms with E-state index in [1.54, 1.807) is 38.1 Å². The second kappa shape index (κ2) is 7.06. The summed E-state index contributed by atoms with van der Waals surface area (Å²) in [5.74, 6) is -1.43. The van der Waals surface area contributed by atoms with Crippen molar-refractivity contribution in [3.8, 4) is 11.4 Å². The Morgan fingerprint density at radius 1 is 1.15 bits per heavy atom. The fourth-order valence-corrected chi connectivity index (χ4v) is 3.62. The summed E-state index contributed by atoms with van der Waals surface area (Å²) < 4.78 is 15.9. The average molecular weight is 369 g/mol. The number of nitrogens with zero attached hydrogens (tertiary/aromatic N) is 1. The molecule has 2 N–H and O–H groups in total. The molecule has 0 aliphatic rings. The van der Waals surface area contributed by atoms with Gasteiger partial charge in [0, 0.05) is 16.8 Å². The molecule has 0 aliphatic heterocycles. The van der Waals surface area contributed by atoms with E-state index in [1.165, 1.54) is 6.07 Å². The first-order valence-electron chi connectivity index (χ1n) is 9.06. The zero-order valence-electron chi connectivity index (χ0n) is 16.0. The van der Waals surface area contributed by atoms with Gasteiger partial charge in [-0.05, 0) is 66.8 Å². The zero-order chi connectivity index (χ0) is 19.9. The maximum Gasteiger partial charge on any atom is 0.306 e. The summed E-state index contributed by atoms with van der Waals surface area (Å²) in [5.41, 5.74) is 4.13. The number of aromatic hydroxyl groups is 1. The summed E-state index contributed by atoms with van der Waals surface area (Å²) in [6.45, 7) is 7.50. The highest BCUT2D eigenvalue weighted by Gasteiger charge is 2.24. The summed E-state index contributed by atoms with van der Waals surface area (Å²) in [6.07, 6.45) is 0.357. The zero-order valence-corrected chi connectivity index (χ0v) is 16.0. The predicted octanol–water partition coefficient (Wildman–Crippen LogP) is 5.17. The van der Waals surface area contributed by atoms with Crippen molar-refractivity contribution in [3.05, 3.63) is 59.0 Å². The lowest BCUT2D eigenvalue weighted by Gasteiger charge is -2.17. The van der Waals surface area contributed by atoms with E-state index in [4.69, 9.17) is 0 Å². The lowest BCUT2D eigenvalue weighted by atomic mass is 9.94. The molecule has 3 aromatic rings. The number of rotatable bonds is 5. The van der Waals surface area contributed by atoms with Crippen LogP contribution in [0.2, 0.25) is 0 Å². The monoisotopic (exact) mass is 369 g/mol. The fraction of sp³-hybridized carbons (Fsp3) is 0.318. The maximum absolute atomic E-state index is 13.8. The van der Waals surface area contributed by atoms with E-state index in [2.05, 4.69) is 18.4 Å². The van der Waals surface area contributed by atoms with E-state index in [-0.39, 0.29) is 17.5 Å². The molecule has 0 radical (unpaired) electrons. The van der Waals surface area contributed by atoms with Crippen molar-refractivity contribution in [2.45, 2.75) is 40.0 Å². The van der Waals surface area contributed by atoms with Crippen LogP contribution in [0.4, 0.5) is 4.39 Å². The van der Waals surface area contributed by atoms with Crippen LogP contribution < -0.4 is 0 Å². The van der Waals surface area contributed by atoms with Crippen LogP contribution in [0.3, 0.4) is 0 Å². The second-order valence-electron chi connectivity index (χ2n) is 7.43. The first kappa shape index (κ1) is 19.0. The molecule has 1 atom stereocenters. The molecular weight excluding hydrogens is 345 g/mol. The Morgan fingerprint density at radius 3 is 2.44 bits per heavy atom. The van der Waals surface area contributed by atoms with Crippen molar-refractivity contribution in [1.82, 2.24) is 4.57 Å². The Hall–Kier alpha value is -2.82. The number of aryl methyl sites for hydroxylation is 1. The van der Waals surface area contributed by atoms with Gasteiger partial charge < -0.3 is 14.8 Å². The molecule has 0 saturated carbocycles. The van der Waals surface area contributed by atoms with Crippen LogP contribution in [0.1, 0.15) is 43.5 Å². The molecule has 1 heterocycles. The molecule has 5 heteroatoms. The quantitative estimate of drug-likeness (QED) is 0.652. The Kier molecular flexibility index (Phi) is 4.96. The highest BCUT2D eigenvalue weighted by Crippen LogP contribution is 2.37. The maximum atomic E-state index is 13.8. The number of carbonyl (C=O) groups is 1. The molecule has 0 aliphatic carbocycles. The normalized spacial score (nSPS) is 12.7. The molecule has 3 rings (SSSR count). The molecule has 2 aromatic carbocycles. The Bertz CT molecular complexity index is 1020. The number of halogens is 1. The molecule has 0 saturated heterocycles. The number of fused-ring (bicyclic) bond motifs is 1. The second-order valence-corrected chi connectivity index (χ2v) is 7.43. The van der Waals surface area contributed by atoms with Gasteiger partial charge in [0.2, 0.25) is 0 Å². The van der Waals surface area contributed by atoms with Crippen LogP contribution >= 0.6 is 0 Å². The average Bonchev–Trinajstić information content (AvgIpc) is 2.91. The summed E-state index contributed by atoms with van der Waals surface area (Å²) >= 11 is 0. The minimum atomic E-state index is -0.858. The largest absolute Gasteiger partial charge is 0.508 e. The van der Waals surface area contributed by atoms with Crippen LogP contribution in [-0.4, -0.2) is 20.7 Å². The molecule has 142 valence electrons. The molecule has 27 heavy (non-hydrogen) atoms. The third-order valence-corrected chi connectivity index (χ3v) is 4.97. The number of hydrogen-bond donors (Lipinski definition) is 2. The third-order valence-electron chi connectivity index (χ3n) is 4.97. The van der Waals surface area contributed by atoms with Gasteiger partial charge in [0.25, 0.3) is 0 Å². The number of aromatic nitrogens is 1. The SMILES string of the molecule is Cc1cc(-n2c(C(C)C)c(CC(C)C(=O)O)c3cc(O)ccc32)ccc1F. The first-order valence-corrected chi connectivity index (χ1v) is 9.06. The van der Waals surface area contributed by atoms with Gasteiger partial charge in [0.15, 0.2) is 0 Å². The van der Waals surface area contributed by atoms with E-state index >= 15 is 0 Å². The van der Waals surface area contributed by atoms with Crippen molar-refractivity contribution in [1.29, 1.82) is 0 Å². The number of aliphatic carboxylic acids is 1. The van der Waals surface area contributed by atoms with Gasteiger partial charge in [-0.25, -0.2) is 4.39 Å². The van der Waals surface area contributed by atoms with E-state index in [0.29, 0.717) is 12.0 Å². The third kappa shape index (κ3) is 3.42. The molecule has 0 bridgehead atoms. The number of phenols is 1. The van der Waals surface area contributed by atoms with E-state index in [0.717, 1.165) is 27.8 Å². The highest BCUT2D eigenvalue weighted by atomic mass is 19.1. The number of benzene rings is 2. The van der Waals surface area contributed by atoms with Gasteiger partial charge in [0.05, 0.1) is 11.4 Å². The lowest BCUT2D eigenvalue weighted by molar-refractivity contribution is -0.141. The van der Waals surface area contributed by atoms with Crippen LogP contribution in [0.25, 0.3) is 16.6 Å². The van der Waals surface area contributed by atoms with Crippen molar-refractivity contribution in [3.63, 3.8) is 0 Å². The Balaban J connectivity index is 2.36. The molecule has 0 amide bonds. The van der Waals surface area contributed by atoms with Crippen LogP contribution in [0.15, 0.2) is 36.4 Å². The smallest absolute Gasteiger partial charge is 0.306 e. The molecular formula is C22H24FNO3. The van der Waals surface area contributed by atoms with Crippen LogP contribution in [0.5, 0.6) is 5.75 Å². The van der Waals surface area contributed by atoms with Gasteiger partial charge in [-0.3, -0.25) is 4.79 Å². The Morgan fingerprint density at radius 2 is 1.85 bits per heavy atom. The first-order chi connectivity index (χ1) is 12.7. The lowest BCUT2D eigenvalue weighted by Crippen LogP contribution is -2.14. The number of phenolic OH excluding ortho intramolecular Hbond substituents is 1. The van der Waals surface area contributed by atoms with Gasteiger partial charge >= 0.3 is 5.97 Å². The number of carboxylic acids is 1. The molecule has 4 nitrogen and oxygen atoms in total. The minimum Gasteiger partial charge on any atom is -0.508 e. The van der Waals surface area contributed by atoms with Gasteiger partial charge in [0.1, 0.15) is 11.6 Å². The molecule has 0 spiro atoms. The van der Waals surface area contributed by atoms with Gasteiger partial charge in [-0.15, -0.1) is 0 Å². The van der Waals surface area contributed by atoms with Crippen molar-refractivity contribution in [2.24, 2.45) is 5.92 Å². The summed E-state index contributed by atoms with van der Waals surface area (Å²) in [5, 5.41) is 20.2. The summed E-state index contributed by atoms with van der Waals surface area (Å²) in [7, 11) is 0. The van der Waals surface area contributed by atoms with E-state index < -0.39 is 11.9 Å². The summed E-state index contributed by atoms with van der Waals surface area (Å²) in [4.78, 5) is 11.4. The number of hydrogen-bond acceptors (Lipinski definition) is 2. The molecule has 0 fully saturated rings. The van der Waals surface area contributed by atoms with E-state index in [9.17, 15) is 19.4 Å². The van der Waals surface area contributed by atoms with Crippen molar-refractivity contribution in [2.75, 3.05) is 0 Å². The standard InChI is InChI=1S/C22H24FNO3/c1-12(2)21-18(10-14(4)22(26)27)17-11-16(25)6-8-20(17)24(21)15-5-7-19(23)13(3)9-15/h5-9,11-12,14,25H,10H2,1-4H3,(H,26,27). The summed E-state index contributed by atoms with van der Waals surface area (Å²) in [6, 6.07) is 10.1.